The molecule has 1 atom stereocenters. The summed E-state index contributed by atoms with van der Waals surface area (Å²) in [6.45, 7) is 1.82. The number of carbonyl (C=O) groups excluding carboxylic acids is 1. The summed E-state index contributed by atoms with van der Waals surface area (Å²) >= 11 is 0. The number of hydrogen-bond donors (Lipinski definition) is 5. The van der Waals surface area contributed by atoms with Crippen molar-refractivity contribution in [2.75, 3.05) is 16.0 Å². The first-order valence-electron chi connectivity index (χ1n) is 10.8. The van der Waals surface area contributed by atoms with Crippen LogP contribution in [-0.4, -0.2) is 26.2 Å². The van der Waals surface area contributed by atoms with Crippen molar-refractivity contribution < 1.29 is 9.90 Å². The number of rotatable bonds is 7. The first-order chi connectivity index (χ1) is 16.9. The number of anilines is 4. The van der Waals surface area contributed by atoms with E-state index in [1.165, 1.54) is 6.20 Å². The van der Waals surface area contributed by atoms with Crippen molar-refractivity contribution in [3.63, 3.8) is 0 Å². The van der Waals surface area contributed by atoms with Crippen molar-refractivity contribution in [2.45, 2.75) is 13.0 Å². The molecule has 174 valence electrons. The van der Waals surface area contributed by atoms with Crippen molar-refractivity contribution >= 4 is 39.7 Å². The van der Waals surface area contributed by atoms with Crippen molar-refractivity contribution in [3.8, 4) is 5.75 Å². The summed E-state index contributed by atoms with van der Waals surface area (Å²) < 4.78 is 0. The van der Waals surface area contributed by atoms with Crippen LogP contribution in [0.5, 0.6) is 5.75 Å². The van der Waals surface area contributed by atoms with Gasteiger partial charge in [0.15, 0.2) is 5.82 Å². The summed E-state index contributed by atoms with van der Waals surface area (Å²) in [7, 11) is 0. The smallest absolute Gasteiger partial charge is 0.275 e. The molecular weight excluding hydrogens is 448 g/mol. The summed E-state index contributed by atoms with van der Waals surface area (Å²) in [5.74, 6) is 0.00579. The minimum Gasteiger partial charge on any atom is -0.508 e. The number of nitrogens with zero attached hydrogens (tertiary/aromatic N) is 2. The van der Waals surface area contributed by atoms with Gasteiger partial charge in [0.1, 0.15) is 22.8 Å². The Morgan fingerprint density at radius 3 is 2.60 bits per heavy atom. The van der Waals surface area contributed by atoms with Crippen LogP contribution in [-0.2, 0) is 0 Å². The van der Waals surface area contributed by atoms with E-state index in [1.807, 2.05) is 13.0 Å². The molecule has 0 saturated carbocycles. The second-order valence-electron chi connectivity index (χ2n) is 8.00. The van der Waals surface area contributed by atoms with E-state index in [0.717, 1.165) is 5.56 Å². The Balaban J connectivity index is 1.38. The van der Waals surface area contributed by atoms with E-state index in [4.69, 9.17) is 0 Å². The molecule has 0 aliphatic carbocycles. The van der Waals surface area contributed by atoms with E-state index in [1.54, 1.807) is 54.6 Å². The lowest BCUT2D eigenvalue weighted by Gasteiger charge is -2.20. The topological polar surface area (TPSA) is 149 Å². The Morgan fingerprint density at radius 1 is 1.00 bits per heavy atom. The molecule has 10 nitrogen and oxygen atoms in total. The van der Waals surface area contributed by atoms with Crippen molar-refractivity contribution in [3.05, 3.63) is 98.6 Å². The van der Waals surface area contributed by atoms with Gasteiger partial charge in [-0.05, 0) is 55.0 Å². The fourth-order valence-corrected chi connectivity index (χ4v) is 3.74. The van der Waals surface area contributed by atoms with Gasteiger partial charge in [0.05, 0.1) is 5.52 Å². The number of benzene rings is 2. The number of nitrogens with one attached hydrogen (secondary N) is 4. The van der Waals surface area contributed by atoms with Crippen LogP contribution in [0.4, 0.5) is 22.9 Å². The molecule has 2 aromatic heterocycles. The zero-order valence-electron chi connectivity index (χ0n) is 18.5. The van der Waals surface area contributed by atoms with Gasteiger partial charge in [-0.2, -0.15) is 5.10 Å². The molecule has 0 saturated heterocycles. The molecule has 5 aromatic rings. The maximum absolute atomic E-state index is 12.5. The van der Waals surface area contributed by atoms with Gasteiger partial charge in [-0.1, -0.05) is 18.2 Å². The van der Waals surface area contributed by atoms with Crippen LogP contribution in [0.15, 0.2) is 76.4 Å². The van der Waals surface area contributed by atoms with E-state index in [9.17, 15) is 19.5 Å². The Bertz CT molecular complexity index is 1620. The van der Waals surface area contributed by atoms with Gasteiger partial charge in [-0.15, -0.1) is 0 Å². The highest BCUT2D eigenvalue weighted by molar-refractivity contribution is 6.07. The lowest BCUT2D eigenvalue weighted by atomic mass is 10.1. The summed E-state index contributed by atoms with van der Waals surface area (Å²) in [6.07, 6.45) is 1.53. The van der Waals surface area contributed by atoms with Gasteiger partial charge >= 0.3 is 0 Å². The fraction of sp³-hybridized carbons (Fsp3) is 0.0800. The Morgan fingerprint density at radius 2 is 1.83 bits per heavy atom. The van der Waals surface area contributed by atoms with Gasteiger partial charge in [0, 0.05) is 23.3 Å². The average Bonchev–Trinajstić information content (AvgIpc) is 3.28. The van der Waals surface area contributed by atoms with Crippen molar-refractivity contribution in [1.82, 2.24) is 15.2 Å². The normalized spacial score (nSPS) is 11.9. The number of phenolic OH excluding ortho intramolecular Hbond substituents is 1. The highest BCUT2D eigenvalue weighted by Crippen LogP contribution is 2.29. The first kappa shape index (κ1) is 21.8. The number of aromatic amines is 1. The van der Waals surface area contributed by atoms with E-state index >= 15 is 0 Å². The Hall–Kier alpha value is -4.99. The molecule has 1 amide bonds. The third-order valence-corrected chi connectivity index (χ3v) is 5.60. The number of carbonyl (C=O) groups is 1. The fourth-order valence-electron chi connectivity index (χ4n) is 3.74. The number of H-pyrrole nitrogens is 1. The molecule has 5 N–H and O–H groups in total. The Labute approximate surface area is 198 Å². The van der Waals surface area contributed by atoms with Crippen LogP contribution < -0.4 is 26.8 Å². The van der Waals surface area contributed by atoms with Crippen molar-refractivity contribution in [1.29, 1.82) is 0 Å². The second-order valence-corrected chi connectivity index (χ2v) is 8.00. The number of amides is 1. The SMILES string of the molecule is C[C@@H](Nc1c(Nc2ccc3[nH]nc(NC(=O)c4ccccn4)c3c2)c(=O)c1=O)c1cccc(O)c1. The molecule has 0 radical (unpaired) electrons. The summed E-state index contributed by atoms with van der Waals surface area (Å²) in [5.41, 5.74) is 1.28. The molecule has 0 fully saturated rings. The summed E-state index contributed by atoms with van der Waals surface area (Å²) in [6, 6.07) is 16.5. The second kappa shape index (κ2) is 8.75. The van der Waals surface area contributed by atoms with E-state index in [2.05, 4.69) is 31.1 Å². The van der Waals surface area contributed by atoms with E-state index in [-0.39, 0.29) is 28.9 Å². The lowest BCUT2D eigenvalue weighted by molar-refractivity contribution is 0.102. The number of hydrogen-bond acceptors (Lipinski definition) is 8. The monoisotopic (exact) mass is 468 g/mol. The van der Waals surface area contributed by atoms with Crippen LogP contribution in [0.3, 0.4) is 0 Å². The van der Waals surface area contributed by atoms with E-state index < -0.39 is 16.8 Å². The molecule has 3 aromatic carbocycles. The molecular formula is C25H20N6O4. The van der Waals surface area contributed by atoms with Crippen LogP contribution >= 0.6 is 0 Å². The summed E-state index contributed by atoms with van der Waals surface area (Å²) in [5, 5.41) is 26.1. The van der Waals surface area contributed by atoms with Crippen LogP contribution in [0.1, 0.15) is 29.0 Å². The number of aromatic nitrogens is 3. The number of fused-ring (bicyclic) bond motifs is 1. The molecule has 0 aliphatic rings. The third-order valence-electron chi connectivity index (χ3n) is 5.60. The summed E-state index contributed by atoms with van der Waals surface area (Å²) in [4.78, 5) is 41.1. The maximum Gasteiger partial charge on any atom is 0.275 e. The standard InChI is InChI=1S/C25H20N6O4/c1-13(14-5-4-6-16(32)11-14)27-20-21(23(34)22(20)33)28-15-8-9-18-17(12-15)24(31-30-18)29-25(35)19-7-2-3-10-26-19/h2-13,27-28,32H,1H3,(H2,29,30,31,35)/t13-/m1/s1. The number of aromatic hydroxyl groups is 1. The molecule has 10 heteroatoms. The Kier molecular flexibility index (Phi) is 5.46. The van der Waals surface area contributed by atoms with Gasteiger partial charge < -0.3 is 21.1 Å². The maximum atomic E-state index is 12.5. The molecule has 5 rings (SSSR count). The minimum atomic E-state index is -0.633. The highest BCUT2D eigenvalue weighted by atomic mass is 16.3. The molecule has 2 heterocycles. The zero-order chi connectivity index (χ0) is 24.5. The van der Waals surface area contributed by atoms with Crippen LogP contribution in [0.25, 0.3) is 10.9 Å². The van der Waals surface area contributed by atoms with Gasteiger partial charge in [0.25, 0.3) is 16.8 Å². The van der Waals surface area contributed by atoms with Crippen LogP contribution in [0, 0.1) is 0 Å². The van der Waals surface area contributed by atoms with Crippen LogP contribution in [0.2, 0.25) is 0 Å². The first-order valence-corrected chi connectivity index (χ1v) is 10.8. The minimum absolute atomic E-state index is 0.110. The quantitative estimate of drug-likeness (QED) is 0.228. The number of pyridine rings is 1. The van der Waals surface area contributed by atoms with Gasteiger partial charge in [-0.3, -0.25) is 24.5 Å². The lowest BCUT2D eigenvalue weighted by Crippen LogP contribution is -2.37. The van der Waals surface area contributed by atoms with Gasteiger partial charge in [-0.25, -0.2) is 0 Å². The zero-order valence-corrected chi connectivity index (χ0v) is 18.5. The molecule has 0 aliphatic heterocycles. The predicted molar refractivity (Wildman–Crippen MR) is 133 cm³/mol. The molecule has 0 bridgehead atoms. The largest absolute Gasteiger partial charge is 0.508 e. The molecule has 35 heavy (non-hydrogen) atoms. The number of phenols is 1. The average molecular weight is 468 g/mol. The highest BCUT2D eigenvalue weighted by Gasteiger charge is 2.23. The molecule has 0 spiro atoms. The molecule has 0 unspecified atom stereocenters. The van der Waals surface area contributed by atoms with Gasteiger partial charge in [0.2, 0.25) is 0 Å². The predicted octanol–water partition coefficient (Wildman–Crippen LogP) is 3.43. The van der Waals surface area contributed by atoms with Crippen molar-refractivity contribution in [2.24, 2.45) is 0 Å². The third kappa shape index (κ3) is 4.20. The van der Waals surface area contributed by atoms with E-state index in [0.29, 0.717) is 22.4 Å².